The van der Waals surface area contributed by atoms with Gasteiger partial charge >= 0.3 is 12.1 Å². The van der Waals surface area contributed by atoms with E-state index in [-0.39, 0.29) is 23.5 Å². The number of fused-ring (bicyclic) bond motifs is 1. The van der Waals surface area contributed by atoms with Gasteiger partial charge in [0.1, 0.15) is 12.4 Å². The van der Waals surface area contributed by atoms with Crippen LogP contribution in [0.5, 0.6) is 5.75 Å². The summed E-state index contributed by atoms with van der Waals surface area (Å²) in [6.45, 7) is 1.34. The molecule has 3 heterocycles. The Kier molecular flexibility index (Phi) is 4.12. The SMILES string of the molecule is Cc1cn2ccc(OCc3cccnc3C(F)(F)F)cc2c1C(=O)O. The molecule has 0 aliphatic heterocycles. The summed E-state index contributed by atoms with van der Waals surface area (Å²) in [5, 5.41) is 9.29. The lowest BCUT2D eigenvalue weighted by Gasteiger charge is -2.12. The number of ether oxygens (including phenoxy) is 1. The fraction of sp³-hybridized carbons (Fsp3) is 0.176. The minimum Gasteiger partial charge on any atom is -0.489 e. The van der Waals surface area contributed by atoms with Crippen LogP contribution in [-0.4, -0.2) is 20.5 Å². The van der Waals surface area contributed by atoms with Crippen molar-refractivity contribution in [2.75, 3.05) is 0 Å². The van der Waals surface area contributed by atoms with Gasteiger partial charge in [-0.3, -0.25) is 4.98 Å². The minimum atomic E-state index is -4.57. The number of aromatic nitrogens is 2. The number of rotatable bonds is 4. The summed E-state index contributed by atoms with van der Waals surface area (Å²) in [6.07, 6.45) is -0.247. The summed E-state index contributed by atoms with van der Waals surface area (Å²) in [5.74, 6) is -0.811. The summed E-state index contributed by atoms with van der Waals surface area (Å²) in [6, 6.07) is 5.73. The zero-order valence-electron chi connectivity index (χ0n) is 13.0. The maximum atomic E-state index is 12.9. The third-order valence-electron chi connectivity index (χ3n) is 3.71. The van der Waals surface area contributed by atoms with Crippen molar-refractivity contribution in [3.63, 3.8) is 0 Å². The van der Waals surface area contributed by atoms with Gasteiger partial charge in [-0.05, 0) is 24.6 Å². The first-order valence-electron chi connectivity index (χ1n) is 7.26. The molecule has 0 aromatic carbocycles. The van der Waals surface area contributed by atoms with Gasteiger partial charge in [0.05, 0.1) is 11.1 Å². The number of halogens is 3. The monoisotopic (exact) mass is 350 g/mol. The number of aromatic carboxylic acids is 1. The second kappa shape index (κ2) is 6.12. The Morgan fingerprint density at radius 2 is 2.12 bits per heavy atom. The lowest BCUT2D eigenvalue weighted by atomic mass is 10.2. The molecule has 3 rings (SSSR count). The summed E-state index contributed by atoms with van der Waals surface area (Å²) >= 11 is 0. The van der Waals surface area contributed by atoms with E-state index in [1.54, 1.807) is 29.8 Å². The van der Waals surface area contributed by atoms with Crippen LogP contribution < -0.4 is 4.74 Å². The molecule has 0 atom stereocenters. The van der Waals surface area contributed by atoms with Crippen LogP contribution in [0.3, 0.4) is 0 Å². The van der Waals surface area contributed by atoms with Gasteiger partial charge in [-0.15, -0.1) is 0 Å². The fourth-order valence-corrected chi connectivity index (χ4v) is 2.62. The molecule has 0 aliphatic rings. The molecule has 3 aromatic rings. The van der Waals surface area contributed by atoms with Gasteiger partial charge in [0.25, 0.3) is 0 Å². The Hall–Kier alpha value is -3.03. The molecular formula is C17H13F3N2O3. The highest BCUT2D eigenvalue weighted by Crippen LogP contribution is 2.31. The van der Waals surface area contributed by atoms with Crippen molar-refractivity contribution < 1.29 is 27.8 Å². The van der Waals surface area contributed by atoms with Crippen molar-refractivity contribution in [1.82, 2.24) is 9.38 Å². The molecule has 0 amide bonds. The molecular weight excluding hydrogens is 337 g/mol. The molecule has 0 saturated carbocycles. The first-order valence-corrected chi connectivity index (χ1v) is 7.26. The standard InChI is InChI=1S/C17H13F3N2O3/c1-10-8-22-6-4-12(7-13(22)14(10)16(23)24)25-9-11-3-2-5-21-15(11)17(18,19)20/h2-8H,9H2,1H3,(H,23,24). The van der Waals surface area contributed by atoms with Crippen LogP contribution in [0.1, 0.15) is 27.2 Å². The average Bonchev–Trinajstić information content (AvgIpc) is 2.87. The van der Waals surface area contributed by atoms with Gasteiger partial charge in [0.2, 0.25) is 0 Å². The van der Waals surface area contributed by atoms with Crippen LogP contribution in [0.2, 0.25) is 0 Å². The zero-order valence-corrected chi connectivity index (χ0v) is 13.0. The predicted octanol–water partition coefficient (Wildman–Crippen LogP) is 3.94. The Morgan fingerprint density at radius 1 is 1.36 bits per heavy atom. The summed E-state index contributed by atoms with van der Waals surface area (Å²) in [5.41, 5.74) is 0.0181. The number of carboxylic acid groups (broad SMARTS) is 1. The van der Waals surface area contributed by atoms with Crippen molar-refractivity contribution in [1.29, 1.82) is 0 Å². The number of carboxylic acids is 1. The lowest BCUT2D eigenvalue weighted by Crippen LogP contribution is -2.13. The van der Waals surface area contributed by atoms with Crippen LogP contribution in [-0.2, 0) is 12.8 Å². The zero-order chi connectivity index (χ0) is 18.2. The topological polar surface area (TPSA) is 63.8 Å². The van der Waals surface area contributed by atoms with E-state index in [0.29, 0.717) is 11.1 Å². The number of hydrogen-bond acceptors (Lipinski definition) is 3. The van der Waals surface area contributed by atoms with E-state index in [4.69, 9.17) is 4.74 Å². The summed E-state index contributed by atoms with van der Waals surface area (Å²) in [7, 11) is 0. The van der Waals surface area contributed by atoms with Crippen LogP contribution in [0.25, 0.3) is 5.52 Å². The van der Waals surface area contributed by atoms with E-state index in [1.807, 2.05) is 0 Å². The quantitative estimate of drug-likeness (QED) is 0.774. The molecule has 0 saturated heterocycles. The van der Waals surface area contributed by atoms with Gasteiger partial charge in [0, 0.05) is 30.2 Å². The van der Waals surface area contributed by atoms with Crippen LogP contribution in [0.4, 0.5) is 13.2 Å². The first-order chi connectivity index (χ1) is 11.8. The molecule has 25 heavy (non-hydrogen) atoms. The minimum absolute atomic E-state index is 0.0973. The van der Waals surface area contributed by atoms with Gasteiger partial charge in [-0.2, -0.15) is 13.2 Å². The van der Waals surface area contributed by atoms with E-state index >= 15 is 0 Å². The molecule has 8 heteroatoms. The van der Waals surface area contributed by atoms with Crippen molar-refractivity contribution in [3.05, 3.63) is 65.2 Å². The summed E-state index contributed by atoms with van der Waals surface area (Å²) < 4.78 is 45.9. The molecule has 130 valence electrons. The van der Waals surface area contributed by atoms with Crippen molar-refractivity contribution >= 4 is 11.5 Å². The number of carbonyl (C=O) groups is 1. The van der Waals surface area contributed by atoms with Crippen molar-refractivity contribution in [2.45, 2.75) is 19.7 Å². The Labute approximate surface area is 140 Å². The van der Waals surface area contributed by atoms with Gasteiger partial charge in [-0.25, -0.2) is 4.79 Å². The number of pyridine rings is 2. The number of alkyl halides is 3. The Bertz CT molecular complexity index is 948. The normalized spacial score (nSPS) is 11.7. The van der Waals surface area contributed by atoms with E-state index < -0.39 is 17.8 Å². The molecule has 0 bridgehead atoms. The highest BCUT2D eigenvalue weighted by Gasteiger charge is 2.35. The van der Waals surface area contributed by atoms with Crippen molar-refractivity contribution in [3.8, 4) is 5.75 Å². The van der Waals surface area contributed by atoms with E-state index in [9.17, 15) is 23.1 Å². The van der Waals surface area contributed by atoms with Gasteiger partial charge in [-0.1, -0.05) is 6.07 Å². The molecule has 0 aliphatic carbocycles. The number of aryl methyl sites for hydroxylation is 1. The second-order valence-electron chi connectivity index (χ2n) is 5.44. The largest absolute Gasteiger partial charge is 0.489 e. The maximum absolute atomic E-state index is 12.9. The molecule has 0 radical (unpaired) electrons. The highest BCUT2D eigenvalue weighted by atomic mass is 19.4. The molecule has 1 N–H and O–H groups in total. The summed E-state index contributed by atoms with van der Waals surface area (Å²) in [4.78, 5) is 14.7. The highest BCUT2D eigenvalue weighted by molar-refractivity contribution is 5.97. The Morgan fingerprint density at radius 3 is 2.80 bits per heavy atom. The lowest BCUT2D eigenvalue weighted by molar-refractivity contribution is -0.142. The first kappa shape index (κ1) is 16.8. The fourth-order valence-electron chi connectivity index (χ4n) is 2.62. The Balaban J connectivity index is 1.90. The van der Waals surface area contributed by atoms with Gasteiger partial charge in [0.15, 0.2) is 5.69 Å². The molecule has 0 spiro atoms. The third-order valence-corrected chi connectivity index (χ3v) is 3.71. The molecule has 0 unspecified atom stereocenters. The smallest absolute Gasteiger partial charge is 0.433 e. The van der Waals surface area contributed by atoms with E-state index in [2.05, 4.69) is 4.98 Å². The number of nitrogens with zero attached hydrogens (tertiary/aromatic N) is 2. The molecule has 5 nitrogen and oxygen atoms in total. The van der Waals surface area contributed by atoms with Gasteiger partial charge < -0.3 is 14.2 Å². The number of hydrogen-bond donors (Lipinski definition) is 1. The van der Waals surface area contributed by atoms with E-state index in [0.717, 1.165) is 6.20 Å². The second-order valence-corrected chi connectivity index (χ2v) is 5.44. The third kappa shape index (κ3) is 3.28. The van der Waals surface area contributed by atoms with Crippen molar-refractivity contribution in [2.24, 2.45) is 0 Å². The van der Waals surface area contributed by atoms with E-state index in [1.165, 1.54) is 18.2 Å². The average molecular weight is 350 g/mol. The molecule has 0 fully saturated rings. The van der Waals surface area contributed by atoms with Crippen LogP contribution >= 0.6 is 0 Å². The molecule has 3 aromatic heterocycles. The van der Waals surface area contributed by atoms with Crippen LogP contribution in [0, 0.1) is 6.92 Å². The maximum Gasteiger partial charge on any atom is 0.433 e. The predicted molar refractivity (Wildman–Crippen MR) is 82.7 cm³/mol. The van der Waals surface area contributed by atoms with Crippen LogP contribution in [0.15, 0.2) is 42.9 Å².